The van der Waals surface area contributed by atoms with E-state index in [2.05, 4.69) is 0 Å². The Morgan fingerprint density at radius 1 is 1.28 bits per heavy atom. The minimum Gasteiger partial charge on any atom is -0.487 e. The summed E-state index contributed by atoms with van der Waals surface area (Å²) in [6.45, 7) is 9.16. The van der Waals surface area contributed by atoms with E-state index in [9.17, 15) is 14.7 Å². The Morgan fingerprint density at radius 2 is 1.92 bits per heavy atom. The van der Waals surface area contributed by atoms with Crippen LogP contribution in [-0.2, 0) is 9.53 Å². The Morgan fingerprint density at radius 3 is 2.44 bits per heavy atom. The number of carboxylic acids is 1. The number of aliphatic carboxylic acids is 1. The number of aryl methyl sites for hydroxylation is 2. The van der Waals surface area contributed by atoms with Gasteiger partial charge in [-0.3, -0.25) is 4.90 Å². The number of hydrogen-bond donors (Lipinski definition) is 1. The van der Waals surface area contributed by atoms with Gasteiger partial charge in [0.05, 0.1) is 11.6 Å². The molecule has 1 saturated heterocycles. The van der Waals surface area contributed by atoms with Gasteiger partial charge in [0, 0.05) is 6.42 Å². The van der Waals surface area contributed by atoms with Crippen LogP contribution < -0.4 is 4.74 Å². The monoisotopic (exact) mass is 369 g/mol. The Kier molecular flexibility index (Phi) is 5.52. The van der Waals surface area contributed by atoms with E-state index < -0.39 is 29.8 Å². The third-order valence-electron chi connectivity index (χ3n) is 3.83. The minimum atomic E-state index is -1.08. The normalized spacial score (nSPS) is 20.5. The van der Waals surface area contributed by atoms with Crippen LogP contribution in [0, 0.1) is 13.8 Å². The number of carboxylic acid groups (broad SMARTS) is 1. The molecule has 1 aliphatic rings. The van der Waals surface area contributed by atoms with E-state index >= 15 is 0 Å². The van der Waals surface area contributed by atoms with E-state index in [1.807, 2.05) is 19.9 Å². The van der Waals surface area contributed by atoms with Gasteiger partial charge >= 0.3 is 12.1 Å². The van der Waals surface area contributed by atoms with Crippen LogP contribution in [0.25, 0.3) is 0 Å². The second-order valence-corrected chi connectivity index (χ2v) is 7.76. The Bertz CT molecular complexity index is 660. The average molecular weight is 370 g/mol. The topological polar surface area (TPSA) is 76.1 Å². The van der Waals surface area contributed by atoms with Gasteiger partial charge in [-0.25, -0.2) is 9.59 Å². The molecule has 0 radical (unpaired) electrons. The minimum absolute atomic E-state index is 0.134. The van der Waals surface area contributed by atoms with Crippen molar-refractivity contribution < 1.29 is 24.2 Å². The van der Waals surface area contributed by atoms with E-state index in [1.165, 1.54) is 4.90 Å². The maximum absolute atomic E-state index is 12.3. The fraction of sp³-hybridized carbons (Fsp3) is 0.556. The molecule has 138 valence electrons. The molecule has 1 fully saturated rings. The van der Waals surface area contributed by atoms with Gasteiger partial charge in [0.2, 0.25) is 0 Å². The Labute approximate surface area is 152 Å². The van der Waals surface area contributed by atoms with Crippen molar-refractivity contribution in [2.75, 3.05) is 6.54 Å². The molecule has 0 aliphatic carbocycles. The van der Waals surface area contributed by atoms with Crippen molar-refractivity contribution in [1.29, 1.82) is 0 Å². The standard InChI is InChI=1S/C18H24ClNO5/c1-10-6-11(2)15(13(19)7-10)24-12-8-14(16(21)22)20(9-12)17(23)25-18(3,4)5/h6-7,12,14H,8-9H2,1-5H3,(H,21,22)/t12-,14-/m1/s1. The number of rotatable bonds is 3. The summed E-state index contributed by atoms with van der Waals surface area (Å²) in [5.41, 5.74) is 1.18. The van der Waals surface area contributed by atoms with Crippen molar-refractivity contribution in [2.45, 2.75) is 58.8 Å². The zero-order valence-electron chi connectivity index (χ0n) is 15.1. The summed E-state index contributed by atoms with van der Waals surface area (Å²) in [6.07, 6.45) is -0.941. The molecule has 2 atom stereocenters. The molecule has 0 saturated carbocycles. The molecule has 1 aromatic carbocycles. The summed E-state index contributed by atoms with van der Waals surface area (Å²) in [6, 6.07) is 2.75. The summed E-state index contributed by atoms with van der Waals surface area (Å²) >= 11 is 6.25. The molecule has 1 N–H and O–H groups in total. The van der Waals surface area contributed by atoms with E-state index in [0.717, 1.165) is 11.1 Å². The first kappa shape index (κ1) is 19.4. The number of hydrogen-bond acceptors (Lipinski definition) is 4. The molecule has 6 nitrogen and oxygen atoms in total. The first-order valence-corrected chi connectivity index (χ1v) is 8.51. The number of ether oxygens (including phenoxy) is 2. The number of carbonyl (C=O) groups excluding carboxylic acids is 1. The molecule has 7 heteroatoms. The molecule has 0 spiro atoms. The molecular formula is C18H24ClNO5. The second kappa shape index (κ2) is 7.12. The summed E-state index contributed by atoms with van der Waals surface area (Å²) in [5.74, 6) is -0.559. The van der Waals surface area contributed by atoms with Crippen molar-refractivity contribution in [1.82, 2.24) is 4.90 Å². The highest BCUT2D eigenvalue weighted by molar-refractivity contribution is 6.32. The summed E-state index contributed by atoms with van der Waals surface area (Å²) in [4.78, 5) is 25.0. The molecule has 0 bridgehead atoms. The first-order chi connectivity index (χ1) is 11.5. The number of nitrogens with zero attached hydrogens (tertiary/aromatic N) is 1. The first-order valence-electron chi connectivity index (χ1n) is 8.14. The maximum atomic E-state index is 12.3. The van der Waals surface area contributed by atoms with Crippen LogP contribution >= 0.6 is 11.6 Å². The van der Waals surface area contributed by atoms with Crippen molar-refractivity contribution in [3.8, 4) is 5.75 Å². The largest absolute Gasteiger partial charge is 0.487 e. The van der Waals surface area contributed by atoms with Crippen LogP contribution in [-0.4, -0.2) is 46.4 Å². The van der Waals surface area contributed by atoms with Crippen molar-refractivity contribution in [3.63, 3.8) is 0 Å². The average Bonchev–Trinajstić information content (AvgIpc) is 2.85. The van der Waals surface area contributed by atoms with Gasteiger partial charge in [-0.05, 0) is 51.8 Å². The smallest absolute Gasteiger partial charge is 0.411 e. The predicted octanol–water partition coefficient (Wildman–Crippen LogP) is 3.80. The summed E-state index contributed by atoms with van der Waals surface area (Å²) in [5, 5.41) is 9.90. The van der Waals surface area contributed by atoms with Gasteiger partial charge in [0.25, 0.3) is 0 Å². The van der Waals surface area contributed by atoms with Crippen LogP contribution in [0.5, 0.6) is 5.75 Å². The maximum Gasteiger partial charge on any atom is 0.411 e. The van der Waals surface area contributed by atoms with E-state index in [4.69, 9.17) is 21.1 Å². The molecule has 1 aromatic rings. The third-order valence-corrected chi connectivity index (χ3v) is 4.11. The molecule has 25 heavy (non-hydrogen) atoms. The molecule has 0 unspecified atom stereocenters. The lowest BCUT2D eigenvalue weighted by atomic mass is 10.1. The quantitative estimate of drug-likeness (QED) is 0.877. The highest BCUT2D eigenvalue weighted by Gasteiger charge is 2.42. The van der Waals surface area contributed by atoms with Crippen LogP contribution in [0.1, 0.15) is 38.3 Å². The lowest BCUT2D eigenvalue weighted by Gasteiger charge is -2.26. The molecule has 1 aliphatic heterocycles. The molecule has 2 rings (SSSR count). The summed E-state index contributed by atoms with van der Waals surface area (Å²) < 4.78 is 11.2. The lowest BCUT2D eigenvalue weighted by molar-refractivity contribution is -0.142. The van der Waals surface area contributed by atoms with E-state index in [1.54, 1.807) is 26.8 Å². The van der Waals surface area contributed by atoms with Gasteiger partial charge < -0.3 is 14.6 Å². The Balaban J connectivity index is 2.17. The molecule has 0 aromatic heterocycles. The number of carbonyl (C=O) groups is 2. The van der Waals surface area contributed by atoms with Crippen LogP contribution in [0.2, 0.25) is 5.02 Å². The van der Waals surface area contributed by atoms with E-state index in [0.29, 0.717) is 10.8 Å². The van der Waals surface area contributed by atoms with Crippen LogP contribution in [0.3, 0.4) is 0 Å². The van der Waals surface area contributed by atoms with E-state index in [-0.39, 0.29) is 13.0 Å². The highest BCUT2D eigenvalue weighted by Crippen LogP contribution is 2.33. The lowest BCUT2D eigenvalue weighted by Crippen LogP contribution is -2.43. The fourth-order valence-corrected chi connectivity index (χ4v) is 3.22. The molecule has 1 heterocycles. The number of halogens is 1. The predicted molar refractivity (Wildman–Crippen MR) is 94.3 cm³/mol. The van der Waals surface area contributed by atoms with Gasteiger partial charge in [0.15, 0.2) is 0 Å². The van der Waals surface area contributed by atoms with Gasteiger partial charge in [-0.1, -0.05) is 17.7 Å². The zero-order valence-corrected chi connectivity index (χ0v) is 15.9. The van der Waals surface area contributed by atoms with Crippen molar-refractivity contribution in [3.05, 3.63) is 28.3 Å². The highest BCUT2D eigenvalue weighted by atomic mass is 35.5. The number of amides is 1. The van der Waals surface area contributed by atoms with Gasteiger partial charge in [-0.15, -0.1) is 0 Å². The summed E-state index contributed by atoms with van der Waals surface area (Å²) in [7, 11) is 0. The third kappa shape index (κ3) is 4.78. The molecular weight excluding hydrogens is 346 g/mol. The van der Waals surface area contributed by atoms with Crippen molar-refractivity contribution >= 4 is 23.7 Å². The zero-order chi connectivity index (χ0) is 18.9. The van der Waals surface area contributed by atoms with Gasteiger partial charge in [0.1, 0.15) is 23.5 Å². The van der Waals surface area contributed by atoms with Crippen LogP contribution in [0.15, 0.2) is 12.1 Å². The molecule has 1 amide bonds. The second-order valence-electron chi connectivity index (χ2n) is 7.36. The fourth-order valence-electron chi connectivity index (χ4n) is 2.86. The number of likely N-dealkylation sites (tertiary alicyclic amines) is 1. The van der Waals surface area contributed by atoms with Crippen molar-refractivity contribution in [2.24, 2.45) is 0 Å². The van der Waals surface area contributed by atoms with Gasteiger partial charge in [-0.2, -0.15) is 0 Å². The Hall–Kier alpha value is -1.95. The number of benzene rings is 1. The van der Waals surface area contributed by atoms with Crippen LogP contribution in [0.4, 0.5) is 4.79 Å². The SMILES string of the molecule is Cc1cc(C)c(O[C@@H]2C[C@H](C(=O)O)N(C(=O)OC(C)(C)C)C2)c(Cl)c1.